The molecule has 0 radical (unpaired) electrons. The number of anilines is 2. The Hall–Kier alpha value is -2.08. The number of nitrogens with zero attached hydrogens (tertiary/aromatic N) is 2. The summed E-state index contributed by atoms with van der Waals surface area (Å²) in [5.74, 6) is 0.00883. The van der Waals surface area contributed by atoms with E-state index >= 15 is 0 Å². The van der Waals surface area contributed by atoms with Gasteiger partial charge in [-0.2, -0.15) is 0 Å². The SMILES string of the molecule is CCC(=O)Nc1ccc(N(C)C)c(CN(C[C@@H]2CCCO2)C(C)=O)c1. The van der Waals surface area contributed by atoms with Crippen molar-refractivity contribution >= 4 is 23.2 Å². The molecule has 138 valence electrons. The first-order chi connectivity index (χ1) is 11.9. The fourth-order valence-electron chi connectivity index (χ4n) is 3.02. The molecule has 1 atom stereocenters. The van der Waals surface area contributed by atoms with Gasteiger partial charge in [-0.05, 0) is 36.6 Å². The molecule has 0 unspecified atom stereocenters. The summed E-state index contributed by atoms with van der Waals surface area (Å²) < 4.78 is 5.68. The van der Waals surface area contributed by atoms with E-state index in [1.54, 1.807) is 6.92 Å². The summed E-state index contributed by atoms with van der Waals surface area (Å²) in [4.78, 5) is 27.6. The maximum Gasteiger partial charge on any atom is 0.224 e. The third-order valence-electron chi connectivity index (χ3n) is 4.42. The minimum atomic E-state index is -0.0219. The first-order valence-electron chi connectivity index (χ1n) is 8.88. The average Bonchev–Trinajstić information content (AvgIpc) is 3.07. The average molecular weight is 347 g/mol. The van der Waals surface area contributed by atoms with Gasteiger partial charge in [0.25, 0.3) is 0 Å². The maximum atomic E-state index is 12.1. The second kappa shape index (κ2) is 8.85. The van der Waals surface area contributed by atoms with Crippen LogP contribution in [0.1, 0.15) is 38.7 Å². The number of ether oxygens (including phenoxy) is 1. The van der Waals surface area contributed by atoms with Gasteiger partial charge >= 0.3 is 0 Å². The van der Waals surface area contributed by atoms with Crippen LogP contribution in [0.3, 0.4) is 0 Å². The minimum absolute atomic E-state index is 0.0219. The third kappa shape index (κ3) is 5.46. The van der Waals surface area contributed by atoms with Crippen molar-refractivity contribution in [1.82, 2.24) is 4.90 Å². The fraction of sp³-hybridized carbons (Fsp3) is 0.579. The van der Waals surface area contributed by atoms with Gasteiger partial charge in [-0.3, -0.25) is 9.59 Å². The van der Waals surface area contributed by atoms with E-state index in [2.05, 4.69) is 5.32 Å². The molecule has 6 nitrogen and oxygen atoms in total. The van der Waals surface area contributed by atoms with Crippen LogP contribution in [0.5, 0.6) is 0 Å². The molecule has 0 aliphatic carbocycles. The standard InChI is InChI=1S/C19H29N3O3/c1-5-19(24)20-16-8-9-18(21(3)4)15(11-16)12-22(14(2)23)13-17-7-6-10-25-17/h8-9,11,17H,5-7,10,12-13H2,1-4H3,(H,20,24)/t17-/m0/s1. The van der Waals surface area contributed by atoms with Crippen molar-refractivity contribution in [3.63, 3.8) is 0 Å². The third-order valence-corrected chi connectivity index (χ3v) is 4.42. The molecule has 1 N–H and O–H groups in total. The summed E-state index contributed by atoms with van der Waals surface area (Å²) in [6.45, 7) is 5.29. The Kier molecular flexibility index (Phi) is 6.82. The molecule has 25 heavy (non-hydrogen) atoms. The minimum Gasteiger partial charge on any atom is -0.377 e. The molecule has 1 aliphatic heterocycles. The zero-order valence-corrected chi connectivity index (χ0v) is 15.7. The number of hydrogen-bond donors (Lipinski definition) is 1. The molecule has 2 rings (SSSR count). The van der Waals surface area contributed by atoms with Crippen LogP contribution in [0.4, 0.5) is 11.4 Å². The molecule has 2 amide bonds. The highest BCUT2D eigenvalue weighted by atomic mass is 16.5. The van der Waals surface area contributed by atoms with Gasteiger partial charge in [0.1, 0.15) is 0 Å². The number of benzene rings is 1. The highest BCUT2D eigenvalue weighted by molar-refractivity contribution is 5.90. The Bertz CT molecular complexity index is 610. The molecule has 1 saturated heterocycles. The predicted octanol–water partition coefficient (Wildman–Crippen LogP) is 2.63. The van der Waals surface area contributed by atoms with Crippen LogP contribution in [-0.4, -0.2) is 50.1 Å². The van der Waals surface area contributed by atoms with Gasteiger partial charge < -0.3 is 19.9 Å². The number of nitrogens with one attached hydrogen (secondary N) is 1. The van der Waals surface area contributed by atoms with Gasteiger partial charge in [0, 0.05) is 58.5 Å². The molecule has 1 aromatic carbocycles. The van der Waals surface area contributed by atoms with Gasteiger partial charge in [-0.25, -0.2) is 0 Å². The smallest absolute Gasteiger partial charge is 0.224 e. The van der Waals surface area contributed by atoms with Crippen LogP contribution in [0.2, 0.25) is 0 Å². The molecule has 0 bridgehead atoms. The van der Waals surface area contributed by atoms with E-state index < -0.39 is 0 Å². The molecule has 1 aliphatic rings. The monoisotopic (exact) mass is 347 g/mol. The van der Waals surface area contributed by atoms with Crippen LogP contribution in [0.25, 0.3) is 0 Å². The topological polar surface area (TPSA) is 61.9 Å². The van der Waals surface area contributed by atoms with Crippen LogP contribution in [0, 0.1) is 0 Å². The molecule has 1 aromatic rings. The quantitative estimate of drug-likeness (QED) is 0.824. The van der Waals surface area contributed by atoms with Crippen molar-refractivity contribution in [2.75, 3.05) is 37.5 Å². The van der Waals surface area contributed by atoms with Crippen LogP contribution < -0.4 is 10.2 Å². The van der Waals surface area contributed by atoms with Gasteiger partial charge in [0.05, 0.1) is 6.10 Å². The lowest BCUT2D eigenvalue weighted by Crippen LogP contribution is -2.35. The van der Waals surface area contributed by atoms with Crippen molar-refractivity contribution in [2.45, 2.75) is 45.8 Å². The van der Waals surface area contributed by atoms with E-state index in [-0.39, 0.29) is 17.9 Å². The lowest BCUT2D eigenvalue weighted by atomic mass is 10.1. The maximum absolute atomic E-state index is 12.1. The van der Waals surface area contributed by atoms with Gasteiger partial charge in [0.2, 0.25) is 11.8 Å². The zero-order chi connectivity index (χ0) is 18.4. The van der Waals surface area contributed by atoms with Gasteiger partial charge in [0.15, 0.2) is 0 Å². The Balaban J connectivity index is 2.21. The van der Waals surface area contributed by atoms with E-state index in [4.69, 9.17) is 4.74 Å². The lowest BCUT2D eigenvalue weighted by Gasteiger charge is -2.27. The largest absolute Gasteiger partial charge is 0.377 e. The van der Waals surface area contributed by atoms with E-state index in [0.29, 0.717) is 19.5 Å². The molecule has 0 aromatic heterocycles. The first-order valence-corrected chi connectivity index (χ1v) is 8.88. The molecule has 6 heteroatoms. The molecule has 1 heterocycles. The van der Waals surface area contributed by atoms with E-state index in [1.165, 1.54) is 0 Å². The lowest BCUT2D eigenvalue weighted by molar-refractivity contribution is -0.131. The van der Waals surface area contributed by atoms with E-state index in [0.717, 1.165) is 36.4 Å². The van der Waals surface area contributed by atoms with Crippen LogP contribution >= 0.6 is 0 Å². The van der Waals surface area contributed by atoms with E-state index in [1.807, 2.05) is 49.0 Å². The number of carbonyl (C=O) groups is 2. The molecule has 1 fully saturated rings. The van der Waals surface area contributed by atoms with Crippen molar-refractivity contribution in [2.24, 2.45) is 0 Å². The Labute approximate surface area is 150 Å². The summed E-state index contributed by atoms with van der Waals surface area (Å²) in [6, 6.07) is 5.82. The second-order valence-electron chi connectivity index (χ2n) is 6.67. The normalized spacial score (nSPS) is 16.6. The van der Waals surface area contributed by atoms with Crippen molar-refractivity contribution in [1.29, 1.82) is 0 Å². The fourth-order valence-corrected chi connectivity index (χ4v) is 3.02. The molecule has 0 saturated carbocycles. The Morgan fingerprint density at radius 2 is 2.08 bits per heavy atom. The Morgan fingerprint density at radius 3 is 2.64 bits per heavy atom. The zero-order valence-electron chi connectivity index (χ0n) is 15.7. The number of rotatable bonds is 7. The molecular weight excluding hydrogens is 318 g/mol. The summed E-state index contributed by atoms with van der Waals surface area (Å²) in [5.41, 5.74) is 2.80. The van der Waals surface area contributed by atoms with Crippen LogP contribution in [-0.2, 0) is 20.9 Å². The first kappa shape index (κ1) is 19.2. The Morgan fingerprint density at radius 1 is 1.32 bits per heavy atom. The molecular formula is C19H29N3O3. The van der Waals surface area contributed by atoms with Crippen LogP contribution in [0.15, 0.2) is 18.2 Å². The predicted molar refractivity (Wildman–Crippen MR) is 99.8 cm³/mol. The second-order valence-corrected chi connectivity index (χ2v) is 6.67. The number of carbonyl (C=O) groups excluding carboxylic acids is 2. The van der Waals surface area contributed by atoms with Gasteiger partial charge in [-0.1, -0.05) is 6.92 Å². The highest BCUT2D eigenvalue weighted by Crippen LogP contribution is 2.25. The van der Waals surface area contributed by atoms with Crippen molar-refractivity contribution < 1.29 is 14.3 Å². The summed E-state index contributed by atoms with van der Waals surface area (Å²) in [5, 5.41) is 2.89. The number of amides is 2. The highest BCUT2D eigenvalue weighted by Gasteiger charge is 2.22. The van der Waals surface area contributed by atoms with E-state index in [9.17, 15) is 9.59 Å². The summed E-state index contributed by atoms with van der Waals surface area (Å²) in [6.07, 6.45) is 2.60. The van der Waals surface area contributed by atoms with Gasteiger partial charge in [-0.15, -0.1) is 0 Å². The summed E-state index contributed by atoms with van der Waals surface area (Å²) in [7, 11) is 3.95. The number of hydrogen-bond acceptors (Lipinski definition) is 4. The molecule has 0 spiro atoms. The summed E-state index contributed by atoms with van der Waals surface area (Å²) >= 11 is 0. The van der Waals surface area contributed by atoms with Crippen molar-refractivity contribution in [3.8, 4) is 0 Å². The van der Waals surface area contributed by atoms with Crippen molar-refractivity contribution in [3.05, 3.63) is 23.8 Å².